The Balaban J connectivity index is 2.38. The van der Waals surface area contributed by atoms with Gasteiger partial charge in [0.05, 0.1) is 12.8 Å². The lowest BCUT2D eigenvalue weighted by Crippen LogP contribution is -2.11. The normalized spacial score (nSPS) is 10.7. The van der Waals surface area contributed by atoms with E-state index >= 15 is 0 Å². The van der Waals surface area contributed by atoms with Crippen molar-refractivity contribution >= 4 is 17.7 Å². The SMILES string of the molecule is CSNCCCOc1ccc(C(=O)C(C)C)nc1. The van der Waals surface area contributed by atoms with E-state index in [1.807, 2.05) is 20.1 Å². The summed E-state index contributed by atoms with van der Waals surface area (Å²) in [6.07, 6.45) is 4.54. The molecule has 1 aromatic rings. The average Bonchev–Trinajstić information content (AvgIpc) is 2.38. The monoisotopic (exact) mass is 268 g/mol. The molecule has 1 N–H and O–H groups in total. The second-order valence-electron chi connectivity index (χ2n) is 4.20. The predicted octanol–water partition coefficient (Wildman–Crippen LogP) is 2.56. The van der Waals surface area contributed by atoms with Crippen LogP contribution in [0, 0.1) is 5.92 Å². The molecule has 1 rings (SSSR count). The van der Waals surface area contributed by atoms with Crippen molar-refractivity contribution in [1.29, 1.82) is 0 Å². The summed E-state index contributed by atoms with van der Waals surface area (Å²) in [7, 11) is 0. The van der Waals surface area contributed by atoms with E-state index in [0.717, 1.165) is 13.0 Å². The van der Waals surface area contributed by atoms with E-state index < -0.39 is 0 Å². The van der Waals surface area contributed by atoms with Gasteiger partial charge >= 0.3 is 0 Å². The standard InChI is InChI=1S/C13H20N2O2S/c1-10(2)13(16)12-6-5-11(9-14-12)17-8-4-7-15-18-3/h5-6,9-10,15H,4,7-8H2,1-3H3. The summed E-state index contributed by atoms with van der Waals surface area (Å²) < 4.78 is 8.67. The van der Waals surface area contributed by atoms with Crippen molar-refractivity contribution in [1.82, 2.24) is 9.71 Å². The number of rotatable bonds is 8. The van der Waals surface area contributed by atoms with E-state index in [2.05, 4.69) is 9.71 Å². The molecule has 0 saturated heterocycles. The molecule has 0 bridgehead atoms. The first kappa shape index (κ1) is 15.0. The number of Topliss-reactive ketones (excluding diaryl/α,β-unsaturated/α-hetero) is 1. The highest BCUT2D eigenvalue weighted by Gasteiger charge is 2.11. The van der Waals surface area contributed by atoms with Crippen molar-refractivity contribution < 1.29 is 9.53 Å². The van der Waals surface area contributed by atoms with Crippen molar-refractivity contribution in [2.75, 3.05) is 19.4 Å². The molecular formula is C13H20N2O2S. The zero-order valence-electron chi connectivity index (χ0n) is 11.1. The number of carbonyl (C=O) groups is 1. The van der Waals surface area contributed by atoms with Crippen LogP contribution in [0.4, 0.5) is 0 Å². The minimum Gasteiger partial charge on any atom is -0.492 e. The zero-order chi connectivity index (χ0) is 13.4. The van der Waals surface area contributed by atoms with Crippen LogP contribution in [0.15, 0.2) is 18.3 Å². The Morgan fingerprint density at radius 1 is 1.50 bits per heavy atom. The first-order valence-corrected chi connectivity index (χ1v) is 7.26. The van der Waals surface area contributed by atoms with Crippen LogP contribution < -0.4 is 9.46 Å². The number of hydrogen-bond donors (Lipinski definition) is 1. The van der Waals surface area contributed by atoms with Crippen LogP contribution in [0.3, 0.4) is 0 Å². The van der Waals surface area contributed by atoms with Gasteiger partial charge in [0.15, 0.2) is 5.78 Å². The topological polar surface area (TPSA) is 51.2 Å². The van der Waals surface area contributed by atoms with Crippen LogP contribution in [0.2, 0.25) is 0 Å². The second kappa shape index (κ2) is 8.11. The van der Waals surface area contributed by atoms with Gasteiger partial charge in [-0.25, -0.2) is 4.98 Å². The number of nitrogens with one attached hydrogen (secondary N) is 1. The van der Waals surface area contributed by atoms with Crippen LogP contribution >= 0.6 is 11.9 Å². The second-order valence-corrected chi connectivity index (χ2v) is 4.90. The zero-order valence-corrected chi connectivity index (χ0v) is 11.9. The maximum absolute atomic E-state index is 11.7. The number of aromatic nitrogens is 1. The fraction of sp³-hybridized carbons (Fsp3) is 0.538. The lowest BCUT2D eigenvalue weighted by atomic mass is 10.1. The highest BCUT2D eigenvalue weighted by molar-refractivity contribution is 7.96. The molecule has 0 unspecified atom stereocenters. The molecule has 18 heavy (non-hydrogen) atoms. The summed E-state index contributed by atoms with van der Waals surface area (Å²) in [6, 6.07) is 3.52. The van der Waals surface area contributed by atoms with E-state index in [1.54, 1.807) is 30.3 Å². The van der Waals surface area contributed by atoms with E-state index in [1.165, 1.54) is 0 Å². The molecule has 5 heteroatoms. The van der Waals surface area contributed by atoms with Gasteiger partial charge in [-0.1, -0.05) is 25.8 Å². The smallest absolute Gasteiger partial charge is 0.183 e. The lowest BCUT2D eigenvalue weighted by Gasteiger charge is -2.07. The van der Waals surface area contributed by atoms with Gasteiger partial charge in [-0.3, -0.25) is 9.52 Å². The molecule has 1 aromatic heterocycles. The van der Waals surface area contributed by atoms with Crippen molar-refractivity contribution in [3.05, 3.63) is 24.0 Å². The first-order chi connectivity index (χ1) is 8.65. The molecule has 4 nitrogen and oxygen atoms in total. The fourth-order valence-electron chi connectivity index (χ4n) is 1.34. The Hall–Kier alpha value is -1.07. The summed E-state index contributed by atoms with van der Waals surface area (Å²) in [4.78, 5) is 15.8. The quantitative estimate of drug-likeness (QED) is 0.446. The molecule has 100 valence electrons. The Bertz CT molecular complexity index is 366. The Kier molecular flexibility index (Phi) is 6.75. The Morgan fingerprint density at radius 3 is 2.83 bits per heavy atom. The van der Waals surface area contributed by atoms with E-state index in [9.17, 15) is 4.79 Å². The van der Waals surface area contributed by atoms with Crippen molar-refractivity contribution in [2.24, 2.45) is 5.92 Å². The van der Waals surface area contributed by atoms with Gasteiger partial charge in [0.25, 0.3) is 0 Å². The van der Waals surface area contributed by atoms with Gasteiger partial charge in [-0.2, -0.15) is 0 Å². The largest absolute Gasteiger partial charge is 0.492 e. The van der Waals surface area contributed by atoms with Gasteiger partial charge in [0, 0.05) is 12.5 Å². The molecule has 0 saturated carbocycles. The lowest BCUT2D eigenvalue weighted by molar-refractivity contribution is 0.0934. The maximum atomic E-state index is 11.7. The summed E-state index contributed by atoms with van der Waals surface area (Å²) in [5.41, 5.74) is 0.501. The van der Waals surface area contributed by atoms with E-state index in [4.69, 9.17) is 4.74 Å². The molecule has 0 spiro atoms. The molecule has 0 aliphatic heterocycles. The van der Waals surface area contributed by atoms with Crippen molar-refractivity contribution in [3.63, 3.8) is 0 Å². The molecular weight excluding hydrogens is 248 g/mol. The molecule has 0 aliphatic rings. The highest BCUT2D eigenvalue weighted by Crippen LogP contribution is 2.12. The molecule has 0 aliphatic carbocycles. The first-order valence-electron chi connectivity index (χ1n) is 6.04. The van der Waals surface area contributed by atoms with Gasteiger partial charge in [-0.05, 0) is 24.8 Å². The van der Waals surface area contributed by atoms with Crippen molar-refractivity contribution in [2.45, 2.75) is 20.3 Å². The molecule has 0 fully saturated rings. The van der Waals surface area contributed by atoms with Gasteiger partial charge in [-0.15, -0.1) is 0 Å². The van der Waals surface area contributed by atoms with Gasteiger partial charge < -0.3 is 4.74 Å². The molecule has 1 heterocycles. The number of ether oxygens (including phenoxy) is 1. The fourth-order valence-corrected chi connectivity index (χ4v) is 1.69. The van der Waals surface area contributed by atoms with E-state index in [0.29, 0.717) is 18.1 Å². The third-order valence-corrected chi connectivity index (χ3v) is 2.84. The minimum absolute atomic E-state index is 0.0260. The van der Waals surface area contributed by atoms with Gasteiger partial charge in [0.1, 0.15) is 11.4 Å². The number of hydrogen-bond acceptors (Lipinski definition) is 5. The molecule has 0 atom stereocenters. The summed E-state index contributed by atoms with van der Waals surface area (Å²) >= 11 is 1.60. The van der Waals surface area contributed by atoms with E-state index in [-0.39, 0.29) is 11.7 Å². The van der Waals surface area contributed by atoms with Gasteiger partial charge in [0.2, 0.25) is 0 Å². The van der Waals surface area contributed by atoms with Crippen LogP contribution in [0.5, 0.6) is 5.75 Å². The summed E-state index contributed by atoms with van der Waals surface area (Å²) in [5.74, 6) is 0.743. The van der Waals surface area contributed by atoms with Crippen molar-refractivity contribution in [3.8, 4) is 5.75 Å². The number of nitrogens with zero attached hydrogens (tertiary/aromatic N) is 1. The van der Waals surface area contributed by atoms with Crippen LogP contribution in [0.25, 0.3) is 0 Å². The molecule has 0 amide bonds. The third-order valence-electron chi connectivity index (χ3n) is 2.35. The minimum atomic E-state index is -0.0260. The van der Waals surface area contributed by atoms with Crippen LogP contribution in [-0.2, 0) is 0 Å². The summed E-state index contributed by atoms with van der Waals surface area (Å²) in [6.45, 7) is 5.30. The third kappa shape index (κ3) is 5.06. The Morgan fingerprint density at radius 2 is 2.28 bits per heavy atom. The average molecular weight is 268 g/mol. The maximum Gasteiger partial charge on any atom is 0.183 e. The number of carbonyl (C=O) groups excluding carboxylic acids is 1. The molecule has 0 radical (unpaired) electrons. The predicted molar refractivity (Wildman–Crippen MR) is 75.0 cm³/mol. The Labute approximate surface area is 113 Å². The van der Waals surface area contributed by atoms with Crippen LogP contribution in [-0.4, -0.2) is 30.2 Å². The highest BCUT2D eigenvalue weighted by atomic mass is 32.2. The number of pyridine rings is 1. The molecule has 0 aromatic carbocycles. The van der Waals surface area contributed by atoms with Crippen LogP contribution in [0.1, 0.15) is 30.8 Å². The summed E-state index contributed by atoms with van der Waals surface area (Å²) in [5, 5.41) is 0. The number of ketones is 1.